The highest BCUT2D eigenvalue weighted by Crippen LogP contribution is 2.31. The van der Waals surface area contributed by atoms with Gasteiger partial charge in [0.25, 0.3) is 5.91 Å². The fourth-order valence-electron chi connectivity index (χ4n) is 2.23. The fraction of sp³-hybridized carbons (Fsp3) is 0.0588. The number of hydrogen-bond acceptors (Lipinski definition) is 4. The lowest BCUT2D eigenvalue weighted by atomic mass is 10.1. The Morgan fingerprint density at radius 3 is 2.83 bits per heavy atom. The van der Waals surface area contributed by atoms with Gasteiger partial charge in [0.2, 0.25) is 0 Å². The number of benzene rings is 2. The Morgan fingerprint density at radius 2 is 2.04 bits per heavy atom. The number of carbonyl (C=O) groups is 1. The molecule has 0 aliphatic rings. The number of halogens is 1. The van der Waals surface area contributed by atoms with Crippen molar-refractivity contribution in [3.05, 3.63) is 59.2 Å². The third-order valence-electron chi connectivity index (χ3n) is 3.41. The molecule has 7 heteroatoms. The molecule has 0 bridgehead atoms. The minimum atomic E-state index is -0.375. The topological polar surface area (TPSA) is 87.2 Å². The Hall–Kier alpha value is -2.99. The average molecular weight is 344 g/mol. The minimum absolute atomic E-state index is 0.0302. The van der Waals surface area contributed by atoms with Gasteiger partial charge in [0, 0.05) is 10.6 Å². The summed E-state index contributed by atoms with van der Waals surface area (Å²) in [7, 11) is 1.53. The predicted octanol–water partition coefficient (Wildman–Crippen LogP) is 3.70. The standard InChI is InChI=1S/C17H14ClN3O3/c1-24-16-5-3-2-4-12(16)19-17(23)14-9-13(20-21-14)11-8-10(18)6-7-15(11)22/h2-9,22H,1H3,(H,19,23)(H,20,21). The first-order valence-corrected chi connectivity index (χ1v) is 7.45. The van der Waals surface area contributed by atoms with Gasteiger partial charge in [0.15, 0.2) is 0 Å². The number of nitrogens with zero attached hydrogens (tertiary/aromatic N) is 1. The van der Waals surface area contributed by atoms with Crippen LogP contribution in [0, 0.1) is 0 Å². The van der Waals surface area contributed by atoms with Gasteiger partial charge >= 0.3 is 0 Å². The van der Waals surface area contributed by atoms with E-state index in [1.54, 1.807) is 30.3 Å². The first-order chi connectivity index (χ1) is 11.6. The maximum atomic E-state index is 12.4. The van der Waals surface area contributed by atoms with Crippen molar-refractivity contribution in [1.29, 1.82) is 0 Å². The van der Waals surface area contributed by atoms with Crippen LogP contribution in [0.25, 0.3) is 11.3 Å². The van der Waals surface area contributed by atoms with E-state index in [1.807, 2.05) is 6.07 Å². The molecular weight excluding hydrogens is 330 g/mol. The number of rotatable bonds is 4. The summed E-state index contributed by atoms with van der Waals surface area (Å²) in [6.45, 7) is 0. The number of methoxy groups -OCH3 is 1. The number of carbonyl (C=O) groups excluding carboxylic acids is 1. The number of phenols is 1. The molecule has 2 aromatic carbocycles. The Morgan fingerprint density at radius 1 is 1.25 bits per heavy atom. The molecule has 0 spiro atoms. The number of phenolic OH excluding ortho intramolecular Hbond substituents is 1. The average Bonchev–Trinajstić information content (AvgIpc) is 3.07. The van der Waals surface area contributed by atoms with Gasteiger partial charge in [0.05, 0.1) is 18.5 Å². The number of nitrogens with one attached hydrogen (secondary N) is 2. The molecule has 1 aromatic heterocycles. The highest BCUT2D eigenvalue weighted by Gasteiger charge is 2.15. The smallest absolute Gasteiger partial charge is 0.273 e. The van der Waals surface area contributed by atoms with Crippen LogP contribution in [0.4, 0.5) is 5.69 Å². The van der Waals surface area contributed by atoms with E-state index >= 15 is 0 Å². The van der Waals surface area contributed by atoms with E-state index in [1.165, 1.54) is 19.2 Å². The molecular formula is C17H14ClN3O3. The van der Waals surface area contributed by atoms with Gasteiger partial charge in [-0.3, -0.25) is 9.89 Å². The molecule has 0 fully saturated rings. The molecule has 3 aromatic rings. The fourth-order valence-corrected chi connectivity index (χ4v) is 2.40. The van der Waals surface area contributed by atoms with Gasteiger partial charge in [-0.15, -0.1) is 0 Å². The van der Waals surface area contributed by atoms with Crippen LogP contribution in [0.15, 0.2) is 48.5 Å². The van der Waals surface area contributed by atoms with Crippen molar-refractivity contribution in [3.63, 3.8) is 0 Å². The van der Waals surface area contributed by atoms with Gasteiger partial charge in [0.1, 0.15) is 17.2 Å². The number of amides is 1. The minimum Gasteiger partial charge on any atom is -0.507 e. The molecule has 6 nitrogen and oxygen atoms in total. The van der Waals surface area contributed by atoms with Crippen LogP contribution in [0.5, 0.6) is 11.5 Å². The zero-order chi connectivity index (χ0) is 17.1. The van der Waals surface area contributed by atoms with Crippen molar-refractivity contribution >= 4 is 23.2 Å². The lowest BCUT2D eigenvalue weighted by Gasteiger charge is -2.08. The molecule has 122 valence electrons. The molecule has 24 heavy (non-hydrogen) atoms. The second-order valence-corrected chi connectivity index (χ2v) is 5.42. The van der Waals surface area contributed by atoms with Gasteiger partial charge in [-0.25, -0.2) is 0 Å². The first-order valence-electron chi connectivity index (χ1n) is 7.07. The Bertz CT molecular complexity index is 892. The molecule has 0 aliphatic carbocycles. The summed E-state index contributed by atoms with van der Waals surface area (Å²) in [6, 6.07) is 13.2. The zero-order valence-electron chi connectivity index (χ0n) is 12.7. The van der Waals surface area contributed by atoms with E-state index in [4.69, 9.17) is 16.3 Å². The molecule has 0 saturated heterocycles. The highest BCUT2D eigenvalue weighted by atomic mass is 35.5. The van der Waals surface area contributed by atoms with Crippen molar-refractivity contribution in [1.82, 2.24) is 10.2 Å². The van der Waals surface area contributed by atoms with E-state index in [0.29, 0.717) is 27.7 Å². The molecule has 0 aliphatic heterocycles. The summed E-state index contributed by atoms with van der Waals surface area (Å²) in [5, 5.41) is 19.8. The van der Waals surface area contributed by atoms with E-state index < -0.39 is 0 Å². The zero-order valence-corrected chi connectivity index (χ0v) is 13.5. The predicted molar refractivity (Wildman–Crippen MR) is 91.6 cm³/mol. The summed E-state index contributed by atoms with van der Waals surface area (Å²) in [5.41, 5.74) is 1.65. The van der Waals surface area contributed by atoms with Crippen molar-refractivity contribution < 1.29 is 14.6 Å². The molecule has 3 rings (SSSR count). The second kappa shape index (κ2) is 6.64. The van der Waals surface area contributed by atoms with E-state index in [0.717, 1.165) is 0 Å². The lowest BCUT2D eigenvalue weighted by molar-refractivity contribution is 0.102. The van der Waals surface area contributed by atoms with Crippen LogP contribution >= 0.6 is 11.6 Å². The maximum Gasteiger partial charge on any atom is 0.273 e. The number of aromatic amines is 1. The number of anilines is 1. The number of para-hydroxylation sites is 2. The van der Waals surface area contributed by atoms with Crippen LogP contribution in [-0.2, 0) is 0 Å². The van der Waals surface area contributed by atoms with Crippen molar-refractivity contribution in [2.24, 2.45) is 0 Å². The van der Waals surface area contributed by atoms with Crippen LogP contribution in [-0.4, -0.2) is 28.3 Å². The molecule has 0 unspecified atom stereocenters. The first kappa shape index (κ1) is 15.9. The van der Waals surface area contributed by atoms with Crippen LogP contribution in [0.2, 0.25) is 5.02 Å². The van der Waals surface area contributed by atoms with Gasteiger partial charge in [-0.1, -0.05) is 23.7 Å². The normalized spacial score (nSPS) is 10.4. The number of hydrogen-bond donors (Lipinski definition) is 3. The number of aromatic hydroxyl groups is 1. The molecule has 1 amide bonds. The lowest BCUT2D eigenvalue weighted by Crippen LogP contribution is -2.13. The molecule has 3 N–H and O–H groups in total. The molecule has 0 saturated carbocycles. The Labute approximate surface area is 143 Å². The van der Waals surface area contributed by atoms with Crippen LogP contribution in [0.3, 0.4) is 0 Å². The van der Waals surface area contributed by atoms with E-state index in [-0.39, 0.29) is 17.4 Å². The quantitative estimate of drug-likeness (QED) is 0.674. The monoisotopic (exact) mass is 343 g/mol. The van der Waals surface area contributed by atoms with Crippen molar-refractivity contribution in [2.75, 3.05) is 12.4 Å². The summed E-state index contributed by atoms with van der Waals surface area (Å²) in [5.74, 6) is 0.209. The molecule has 0 atom stereocenters. The van der Waals surface area contributed by atoms with E-state index in [9.17, 15) is 9.90 Å². The second-order valence-electron chi connectivity index (χ2n) is 4.98. The Kier molecular flexibility index (Phi) is 4.39. The molecule has 0 radical (unpaired) electrons. The summed E-state index contributed by atoms with van der Waals surface area (Å²) in [4.78, 5) is 12.4. The van der Waals surface area contributed by atoms with E-state index in [2.05, 4.69) is 15.5 Å². The van der Waals surface area contributed by atoms with Gasteiger partial charge in [-0.05, 0) is 36.4 Å². The van der Waals surface area contributed by atoms with Gasteiger partial charge < -0.3 is 15.2 Å². The SMILES string of the molecule is COc1ccccc1NC(=O)c1cc(-c2cc(Cl)ccc2O)n[nH]1. The summed E-state index contributed by atoms with van der Waals surface area (Å²) in [6.07, 6.45) is 0. The van der Waals surface area contributed by atoms with Crippen LogP contribution in [0.1, 0.15) is 10.5 Å². The van der Waals surface area contributed by atoms with Crippen molar-refractivity contribution in [3.8, 4) is 22.8 Å². The third-order valence-corrected chi connectivity index (χ3v) is 3.65. The number of ether oxygens (including phenoxy) is 1. The molecule has 1 heterocycles. The van der Waals surface area contributed by atoms with Gasteiger partial charge in [-0.2, -0.15) is 5.10 Å². The third kappa shape index (κ3) is 3.18. The van der Waals surface area contributed by atoms with Crippen molar-refractivity contribution in [2.45, 2.75) is 0 Å². The number of H-pyrrole nitrogens is 1. The largest absolute Gasteiger partial charge is 0.507 e. The van der Waals surface area contributed by atoms with Crippen LogP contribution < -0.4 is 10.1 Å². The number of aromatic nitrogens is 2. The maximum absolute atomic E-state index is 12.4. The summed E-state index contributed by atoms with van der Waals surface area (Å²) < 4.78 is 5.20. The highest BCUT2D eigenvalue weighted by molar-refractivity contribution is 6.31. The Balaban J connectivity index is 1.85. The summed E-state index contributed by atoms with van der Waals surface area (Å²) >= 11 is 5.93.